The number of fused-ring (bicyclic) bond motifs is 6. The van der Waals surface area contributed by atoms with Crippen LogP contribution in [0.3, 0.4) is 0 Å². The molecule has 0 aliphatic heterocycles. The van der Waals surface area contributed by atoms with Crippen LogP contribution < -0.4 is 4.90 Å². The van der Waals surface area contributed by atoms with Crippen LogP contribution in [0.1, 0.15) is 12.8 Å². The van der Waals surface area contributed by atoms with E-state index in [2.05, 4.69) is 151 Å². The third-order valence-corrected chi connectivity index (χ3v) is 9.13. The lowest BCUT2D eigenvalue weighted by atomic mass is 9.98. The zero-order valence-electron chi connectivity index (χ0n) is 25.2. The third-order valence-electron chi connectivity index (χ3n) is 9.13. The summed E-state index contributed by atoms with van der Waals surface area (Å²) in [4.78, 5) is 7.52. The van der Waals surface area contributed by atoms with E-state index in [4.69, 9.17) is 9.40 Å². The Morgan fingerprint density at radius 3 is 2.00 bits per heavy atom. The minimum absolute atomic E-state index is 0.808. The summed E-state index contributed by atoms with van der Waals surface area (Å²) in [5.41, 5.74) is 10.6. The van der Waals surface area contributed by atoms with Gasteiger partial charge in [-0.3, -0.25) is 0 Å². The predicted molar refractivity (Wildman–Crippen MR) is 192 cm³/mol. The standard InChI is InChI=1S/C43H30N2O/c1-2-12-33(13-3-1)45(34-22-17-31(18-23-34)37-16-8-11-29-9-4-6-14-36(29)37)35-24-19-32(20-25-35)39-26-28-41-43(44-39)42-38-15-7-5-10-30(38)21-27-40(42)46-41/h1-2,4-12,14-28H,3,13H2. The molecule has 8 aromatic rings. The second-order valence-corrected chi connectivity index (χ2v) is 11.9. The summed E-state index contributed by atoms with van der Waals surface area (Å²) in [5, 5.41) is 5.95. The van der Waals surface area contributed by atoms with Gasteiger partial charge in [0.15, 0.2) is 5.58 Å². The number of hydrogen-bond acceptors (Lipinski definition) is 3. The first kappa shape index (κ1) is 26.5. The maximum Gasteiger partial charge on any atom is 0.153 e. The molecule has 1 aliphatic carbocycles. The molecule has 0 radical (unpaired) electrons. The number of hydrogen-bond donors (Lipinski definition) is 0. The molecule has 218 valence electrons. The molecule has 0 saturated carbocycles. The first-order chi connectivity index (χ1) is 22.8. The Hall–Kier alpha value is -5.93. The lowest BCUT2D eigenvalue weighted by molar-refractivity contribution is 0.668. The fourth-order valence-electron chi connectivity index (χ4n) is 6.87. The van der Waals surface area contributed by atoms with Crippen LogP contribution in [-0.2, 0) is 0 Å². The number of aromatic nitrogens is 1. The normalized spacial score (nSPS) is 13.1. The fraction of sp³-hybridized carbons (Fsp3) is 0.0465. The SMILES string of the molecule is C1=CCCC(N(c2ccc(-c3ccc4oc5ccc6ccccc6c5c4n3)cc2)c2ccc(-c3cccc4ccccc34)cc2)=C1. The molecule has 0 atom stereocenters. The highest BCUT2D eigenvalue weighted by Gasteiger charge is 2.17. The van der Waals surface area contributed by atoms with Crippen molar-refractivity contribution in [1.29, 1.82) is 0 Å². The van der Waals surface area contributed by atoms with Gasteiger partial charge in [-0.15, -0.1) is 0 Å². The van der Waals surface area contributed by atoms with Crippen molar-refractivity contribution in [3.8, 4) is 22.4 Å². The second kappa shape index (κ2) is 10.9. The molecule has 6 aromatic carbocycles. The van der Waals surface area contributed by atoms with E-state index in [0.29, 0.717) is 0 Å². The Morgan fingerprint density at radius 1 is 0.565 bits per heavy atom. The molecule has 9 rings (SSSR count). The number of nitrogens with zero attached hydrogens (tertiary/aromatic N) is 2. The molecule has 0 saturated heterocycles. The molecule has 0 amide bonds. The smallest absolute Gasteiger partial charge is 0.153 e. The average molecular weight is 591 g/mol. The Kier molecular flexibility index (Phi) is 6.27. The number of anilines is 2. The summed E-state index contributed by atoms with van der Waals surface area (Å²) >= 11 is 0. The van der Waals surface area contributed by atoms with Crippen LogP contribution in [-0.4, -0.2) is 4.98 Å². The number of furan rings is 1. The summed E-state index contributed by atoms with van der Waals surface area (Å²) < 4.78 is 6.19. The van der Waals surface area contributed by atoms with Crippen LogP contribution in [0.4, 0.5) is 11.4 Å². The van der Waals surface area contributed by atoms with E-state index in [0.717, 1.165) is 62.9 Å². The zero-order chi connectivity index (χ0) is 30.5. The first-order valence-corrected chi connectivity index (χ1v) is 15.9. The third kappa shape index (κ3) is 4.48. The molecule has 0 fully saturated rings. The van der Waals surface area contributed by atoms with Gasteiger partial charge in [0.25, 0.3) is 0 Å². The highest BCUT2D eigenvalue weighted by molar-refractivity contribution is 6.17. The Morgan fingerprint density at radius 2 is 1.24 bits per heavy atom. The molecule has 1 aliphatic rings. The molecule has 46 heavy (non-hydrogen) atoms. The van der Waals surface area contributed by atoms with E-state index in [-0.39, 0.29) is 0 Å². The summed E-state index contributed by atoms with van der Waals surface area (Å²) in [6, 6.07) is 49.6. The van der Waals surface area contributed by atoms with Gasteiger partial charge < -0.3 is 9.32 Å². The molecular weight excluding hydrogens is 560 g/mol. The van der Waals surface area contributed by atoms with Gasteiger partial charge in [-0.2, -0.15) is 0 Å². The fourth-order valence-corrected chi connectivity index (χ4v) is 6.87. The van der Waals surface area contributed by atoms with Gasteiger partial charge >= 0.3 is 0 Å². The van der Waals surface area contributed by atoms with E-state index in [1.165, 1.54) is 33.0 Å². The monoisotopic (exact) mass is 590 g/mol. The van der Waals surface area contributed by atoms with E-state index in [1.807, 2.05) is 12.1 Å². The van der Waals surface area contributed by atoms with Crippen LogP contribution >= 0.6 is 0 Å². The summed E-state index contributed by atoms with van der Waals surface area (Å²) in [6.45, 7) is 0. The lowest BCUT2D eigenvalue weighted by Crippen LogP contribution is -2.17. The van der Waals surface area contributed by atoms with Gasteiger partial charge in [0, 0.05) is 22.6 Å². The van der Waals surface area contributed by atoms with Crippen molar-refractivity contribution in [2.45, 2.75) is 12.8 Å². The highest BCUT2D eigenvalue weighted by Crippen LogP contribution is 2.38. The van der Waals surface area contributed by atoms with Gasteiger partial charge in [-0.05, 0) is 94.1 Å². The average Bonchev–Trinajstić information content (AvgIpc) is 3.51. The second-order valence-electron chi connectivity index (χ2n) is 11.9. The Balaban J connectivity index is 1.09. The maximum atomic E-state index is 6.19. The quantitative estimate of drug-likeness (QED) is 0.200. The molecule has 2 aromatic heterocycles. The molecule has 3 heteroatoms. The van der Waals surface area contributed by atoms with Crippen LogP contribution in [0, 0.1) is 0 Å². The van der Waals surface area contributed by atoms with Crippen LogP contribution in [0.5, 0.6) is 0 Å². The highest BCUT2D eigenvalue weighted by atomic mass is 16.3. The van der Waals surface area contributed by atoms with Gasteiger partial charge in [0.05, 0.1) is 11.1 Å². The molecule has 0 N–H and O–H groups in total. The number of benzene rings is 6. The first-order valence-electron chi connectivity index (χ1n) is 15.9. The van der Waals surface area contributed by atoms with Crippen LogP contribution in [0.2, 0.25) is 0 Å². The van der Waals surface area contributed by atoms with Gasteiger partial charge in [-0.1, -0.05) is 109 Å². The van der Waals surface area contributed by atoms with Crippen LogP contribution in [0.15, 0.2) is 168 Å². The summed E-state index contributed by atoms with van der Waals surface area (Å²) in [6.07, 6.45) is 8.66. The van der Waals surface area contributed by atoms with Crippen LogP contribution in [0.25, 0.3) is 66.0 Å². The van der Waals surface area contributed by atoms with Crippen molar-refractivity contribution < 1.29 is 4.42 Å². The topological polar surface area (TPSA) is 29.3 Å². The largest absolute Gasteiger partial charge is 0.454 e. The van der Waals surface area contributed by atoms with E-state index >= 15 is 0 Å². The zero-order valence-corrected chi connectivity index (χ0v) is 25.2. The predicted octanol–water partition coefficient (Wildman–Crippen LogP) is 12.0. The number of pyridine rings is 1. The molecule has 2 heterocycles. The molecule has 0 unspecified atom stereocenters. The number of allylic oxidation sites excluding steroid dienone is 4. The van der Waals surface area contributed by atoms with Crippen molar-refractivity contribution in [2.24, 2.45) is 0 Å². The molecular formula is C43H30N2O. The molecule has 0 bridgehead atoms. The maximum absolute atomic E-state index is 6.19. The Labute approximate surface area is 267 Å². The van der Waals surface area contributed by atoms with Crippen molar-refractivity contribution >= 4 is 55.0 Å². The van der Waals surface area contributed by atoms with Crippen molar-refractivity contribution in [3.63, 3.8) is 0 Å². The van der Waals surface area contributed by atoms with Crippen molar-refractivity contribution in [2.75, 3.05) is 4.90 Å². The van der Waals surface area contributed by atoms with E-state index in [1.54, 1.807) is 0 Å². The van der Waals surface area contributed by atoms with Crippen molar-refractivity contribution in [3.05, 3.63) is 163 Å². The minimum Gasteiger partial charge on any atom is -0.454 e. The number of rotatable bonds is 5. The molecule has 3 nitrogen and oxygen atoms in total. The van der Waals surface area contributed by atoms with E-state index < -0.39 is 0 Å². The lowest BCUT2D eigenvalue weighted by Gasteiger charge is -2.29. The molecule has 0 spiro atoms. The van der Waals surface area contributed by atoms with Crippen molar-refractivity contribution in [1.82, 2.24) is 4.98 Å². The van der Waals surface area contributed by atoms with Gasteiger partial charge in [0.1, 0.15) is 11.1 Å². The Bertz CT molecular complexity index is 2460. The van der Waals surface area contributed by atoms with Gasteiger partial charge in [0.2, 0.25) is 0 Å². The summed E-state index contributed by atoms with van der Waals surface area (Å²) in [7, 11) is 0. The van der Waals surface area contributed by atoms with Gasteiger partial charge in [-0.25, -0.2) is 4.98 Å². The van der Waals surface area contributed by atoms with E-state index in [9.17, 15) is 0 Å². The summed E-state index contributed by atoms with van der Waals surface area (Å²) in [5.74, 6) is 0. The minimum atomic E-state index is 0.808.